The van der Waals surface area contributed by atoms with Crippen LogP contribution in [-0.2, 0) is 14.8 Å². The Kier molecular flexibility index (Phi) is 5.80. The highest BCUT2D eigenvalue weighted by atomic mass is 32.2. The zero-order valence-electron chi connectivity index (χ0n) is 18.6. The third-order valence-electron chi connectivity index (χ3n) is 5.25. The first-order valence-corrected chi connectivity index (χ1v) is 11.3. The molecule has 0 aliphatic heterocycles. The third-order valence-corrected chi connectivity index (χ3v) is 6.93. The number of carbonyl (C=O) groups is 1. The highest BCUT2D eigenvalue weighted by molar-refractivity contribution is 7.92. The Morgan fingerprint density at radius 3 is 2.23 bits per heavy atom. The van der Waals surface area contributed by atoms with E-state index < -0.39 is 27.4 Å². The van der Waals surface area contributed by atoms with Crippen molar-refractivity contribution in [3.63, 3.8) is 0 Å². The predicted molar refractivity (Wildman–Crippen MR) is 121 cm³/mol. The van der Waals surface area contributed by atoms with Crippen molar-refractivity contribution in [2.24, 2.45) is 5.41 Å². The van der Waals surface area contributed by atoms with Crippen LogP contribution in [0.15, 0.2) is 47.5 Å². The van der Waals surface area contributed by atoms with E-state index in [1.54, 1.807) is 54.9 Å². The highest BCUT2D eigenvalue weighted by Crippen LogP contribution is 2.35. The maximum atomic E-state index is 13.2. The van der Waals surface area contributed by atoms with Gasteiger partial charge in [-0.1, -0.05) is 26.8 Å². The summed E-state index contributed by atoms with van der Waals surface area (Å²) < 4.78 is 35.8. The maximum absolute atomic E-state index is 13.2. The molecule has 0 aliphatic rings. The highest BCUT2D eigenvalue weighted by Gasteiger charge is 2.33. The zero-order valence-corrected chi connectivity index (χ0v) is 19.4. The Morgan fingerprint density at radius 2 is 1.71 bits per heavy atom. The van der Waals surface area contributed by atoms with Crippen LogP contribution in [0.3, 0.4) is 0 Å². The van der Waals surface area contributed by atoms with Gasteiger partial charge >= 0.3 is 5.97 Å². The van der Waals surface area contributed by atoms with E-state index in [4.69, 9.17) is 4.74 Å². The molecule has 1 aromatic heterocycles. The average Bonchev–Trinajstić information content (AvgIpc) is 3.01. The van der Waals surface area contributed by atoms with Gasteiger partial charge in [-0.25, -0.2) is 13.2 Å². The normalized spacial score (nSPS) is 13.2. The predicted octanol–water partition coefficient (Wildman–Crippen LogP) is 4.74. The van der Waals surface area contributed by atoms with Gasteiger partial charge in [0.05, 0.1) is 23.2 Å². The molecule has 3 aromatic rings. The van der Waals surface area contributed by atoms with Gasteiger partial charge in [0.15, 0.2) is 0 Å². The van der Waals surface area contributed by atoms with Crippen LogP contribution in [0.4, 0.5) is 5.69 Å². The van der Waals surface area contributed by atoms with Gasteiger partial charge in [0, 0.05) is 6.20 Å². The topological polar surface area (TPSA) is 97.6 Å². The van der Waals surface area contributed by atoms with E-state index in [2.05, 4.69) is 4.72 Å². The summed E-state index contributed by atoms with van der Waals surface area (Å²) in [6, 6.07) is 9.50. The van der Waals surface area contributed by atoms with Crippen molar-refractivity contribution in [3.05, 3.63) is 53.7 Å². The van der Waals surface area contributed by atoms with Crippen LogP contribution in [0.25, 0.3) is 10.9 Å². The molecule has 0 radical (unpaired) electrons. The summed E-state index contributed by atoms with van der Waals surface area (Å²) in [5.41, 5.74) is 1.62. The molecule has 1 unspecified atom stereocenters. The molecular formula is C23H28N2O5S. The molecule has 1 heterocycles. The van der Waals surface area contributed by atoms with Crippen molar-refractivity contribution >= 4 is 32.6 Å². The Morgan fingerprint density at radius 1 is 1.10 bits per heavy atom. The van der Waals surface area contributed by atoms with Gasteiger partial charge in [-0.15, -0.1) is 0 Å². The van der Waals surface area contributed by atoms with E-state index in [0.29, 0.717) is 28.1 Å². The van der Waals surface area contributed by atoms with Crippen molar-refractivity contribution in [2.75, 3.05) is 11.8 Å². The largest absolute Gasteiger partial charge is 0.497 e. The number of hydrogen-bond donors (Lipinski definition) is 2. The molecule has 8 heteroatoms. The van der Waals surface area contributed by atoms with Gasteiger partial charge < -0.3 is 14.4 Å². The van der Waals surface area contributed by atoms with Gasteiger partial charge in [0.25, 0.3) is 10.0 Å². The molecule has 7 nitrogen and oxygen atoms in total. The number of carboxylic acid groups (broad SMARTS) is 1. The second kappa shape index (κ2) is 7.92. The number of aromatic nitrogens is 1. The first kappa shape index (κ1) is 22.7. The Hall–Kier alpha value is -3.00. The zero-order chi connectivity index (χ0) is 23.1. The molecule has 2 N–H and O–H groups in total. The molecular weight excluding hydrogens is 416 g/mol. The number of ether oxygens (including phenoxy) is 1. The van der Waals surface area contributed by atoms with Crippen LogP contribution in [0, 0.1) is 19.3 Å². The summed E-state index contributed by atoms with van der Waals surface area (Å²) in [4.78, 5) is 12.2. The van der Waals surface area contributed by atoms with E-state index in [1.165, 1.54) is 7.11 Å². The van der Waals surface area contributed by atoms with Gasteiger partial charge in [-0.05, 0) is 66.1 Å². The van der Waals surface area contributed by atoms with Crippen LogP contribution in [0.1, 0.15) is 37.9 Å². The lowest BCUT2D eigenvalue weighted by molar-refractivity contribution is -0.144. The molecule has 3 rings (SSSR count). The molecule has 0 aliphatic carbocycles. The van der Waals surface area contributed by atoms with Crippen molar-refractivity contribution in [1.82, 2.24) is 4.57 Å². The number of sulfonamides is 1. The summed E-state index contributed by atoms with van der Waals surface area (Å²) in [7, 11) is -2.33. The minimum absolute atomic E-state index is 0.196. The summed E-state index contributed by atoms with van der Waals surface area (Å²) in [5, 5.41) is 10.6. The fourth-order valence-electron chi connectivity index (χ4n) is 4.00. The lowest BCUT2D eigenvalue weighted by atomic mass is 9.86. The molecule has 0 bridgehead atoms. The number of hydrogen-bond acceptors (Lipinski definition) is 4. The van der Waals surface area contributed by atoms with Crippen molar-refractivity contribution in [2.45, 2.75) is 45.6 Å². The number of nitrogens with one attached hydrogen (secondary N) is 1. The van der Waals surface area contributed by atoms with E-state index in [-0.39, 0.29) is 4.90 Å². The van der Waals surface area contributed by atoms with Crippen molar-refractivity contribution in [1.29, 1.82) is 0 Å². The number of nitrogens with zero attached hydrogens (tertiary/aromatic N) is 1. The van der Waals surface area contributed by atoms with Crippen LogP contribution in [0.2, 0.25) is 0 Å². The van der Waals surface area contributed by atoms with Gasteiger partial charge in [0.2, 0.25) is 0 Å². The molecule has 0 saturated heterocycles. The number of carboxylic acids is 1. The second-order valence-electron chi connectivity index (χ2n) is 8.80. The smallest absolute Gasteiger partial charge is 0.327 e. The number of rotatable bonds is 6. The number of anilines is 1. The van der Waals surface area contributed by atoms with Crippen molar-refractivity contribution in [3.8, 4) is 5.75 Å². The fraction of sp³-hybridized carbons (Fsp3) is 0.348. The molecule has 0 fully saturated rings. The number of benzene rings is 2. The lowest BCUT2D eigenvalue weighted by Gasteiger charge is -2.29. The summed E-state index contributed by atoms with van der Waals surface area (Å²) in [6.07, 6.45) is 1.73. The van der Waals surface area contributed by atoms with E-state index >= 15 is 0 Å². The maximum Gasteiger partial charge on any atom is 0.327 e. The van der Waals surface area contributed by atoms with E-state index in [9.17, 15) is 18.3 Å². The first-order valence-electron chi connectivity index (χ1n) is 9.86. The van der Waals surface area contributed by atoms with E-state index in [0.717, 1.165) is 5.39 Å². The average molecular weight is 445 g/mol. The third kappa shape index (κ3) is 4.39. The fourth-order valence-corrected chi connectivity index (χ4v) is 5.51. The molecule has 0 saturated carbocycles. The monoisotopic (exact) mass is 444 g/mol. The SMILES string of the molecule is COc1cc(C)c(S(=O)(=O)Nc2ccc3ccn(C(C(=O)O)C(C)(C)C)c3c2)c(C)c1. The summed E-state index contributed by atoms with van der Waals surface area (Å²) >= 11 is 0. The number of fused-ring (bicyclic) bond motifs is 1. The van der Waals surface area contributed by atoms with Crippen LogP contribution in [0.5, 0.6) is 5.75 Å². The number of aryl methyl sites for hydroxylation is 2. The van der Waals surface area contributed by atoms with Gasteiger partial charge in [0.1, 0.15) is 11.8 Å². The molecule has 0 spiro atoms. The number of methoxy groups -OCH3 is 1. The van der Waals surface area contributed by atoms with Gasteiger partial charge in [-0.2, -0.15) is 0 Å². The minimum Gasteiger partial charge on any atom is -0.497 e. The van der Waals surface area contributed by atoms with Crippen LogP contribution < -0.4 is 9.46 Å². The Bertz CT molecular complexity index is 1230. The quantitative estimate of drug-likeness (QED) is 0.572. The van der Waals surface area contributed by atoms with Crippen molar-refractivity contribution < 1.29 is 23.1 Å². The lowest BCUT2D eigenvalue weighted by Crippen LogP contribution is -2.31. The Labute approximate surface area is 182 Å². The molecule has 0 amide bonds. The van der Waals surface area contributed by atoms with Gasteiger partial charge in [-0.3, -0.25) is 4.72 Å². The standard InChI is InChI=1S/C23H28N2O5S/c1-14-11-18(30-6)12-15(2)20(14)31(28,29)24-17-8-7-16-9-10-25(19(16)13-17)21(22(26)27)23(3,4)5/h7-13,21,24H,1-6H3,(H,26,27). The molecule has 1 atom stereocenters. The number of aliphatic carboxylic acids is 1. The second-order valence-corrected chi connectivity index (χ2v) is 10.4. The van der Waals surface area contributed by atoms with E-state index in [1.807, 2.05) is 26.8 Å². The minimum atomic E-state index is -3.86. The van der Waals surface area contributed by atoms with Crippen LogP contribution in [-0.4, -0.2) is 31.2 Å². The molecule has 2 aromatic carbocycles. The molecule has 31 heavy (non-hydrogen) atoms. The van der Waals surface area contributed by atoms with Crippen LogP contribution >= 0.6 is 0 Å². The first-order chi connectivity index (χ1) is 14.3. The molecule has 166 valence electrons. The Balaban J connectivity index is 2.06. The summed E-state index contributed by atoms with van der Waals surface area (Å²) in [5.74, 6) is -0.351. The summed E-state index contributed by atoms with van der Waals surface area (Å²) in [6.45, 7) is 9.02.